The van der Waals surface area contributed by atoms with Crippen LogP contribution in [-0.4, -0.2) is 31.3 Å². The highest BCUT2D eigenvalue weighted by Gasteiger charge is 2.15. The predicted octanol–water partition coefficient (Wildman–Crippen LogP) is 2.51. The number of pyridine rings is 1. The molecule has 4 nitrogen and oxygen atoms in total. The van der Waals surface area contributed by atoms with Crippen LogP contribution in [0, 0.1) is 0 Å². The van der Waals surface area contributed by atoms with Gasteiger partial charge in [0.15, 0.2) is 0 Å². The number of nitrogens with one attached hydrogen (secondary N) is 1. The zero-order valence-corrected chi connectivity index (χ0v) is 12.2. The molecule has 5 heteroatoms. The summed E-state index contributed by atoms with van der Waals surface area (Å²) < 4.78 is 12.4. The Morgan fingerprint density at radius 1 is 1.56 bits per heavy atom. The lowest BCUT2D eigenvalue weighted by Gasteiger charge is -2.22. The van der Waals surface area contributed by atoms with E-state index in [1.165, 1.54) is 6.42 Å². The Hall–Kier alpha value is -0.650. The monoisotopic (exact) mass is 314 g/mol. The third-order valence-electron chi connectivity index (χ3n) is 2.94. The van der Waals surface area contributed by atoms with Crippen molar-refractivity contribution in [2.45, 2.75) is 31.9 Å². The second kappa shape index (κ2) is 7.07. The standard InChI is InChI=1S/C13H19BrN2O2/c1-15-7-10-6-11(14)8-16-13(10)18-9-12-4-2-3-5-17-12/h6,8,12,15H,2-5,7,9H2,1H3. The first-order valence-corrected chi connectivity index (χ1v) is 7.12. The summed E-state index contributed by atoms with van der Waals surface area (Å²) in [5, 5.41) is 3.12. The topological polar surface area (TPSA) is 43.4 Å². The molecule has 0 aliphatic carbocycles. The molecule has 0 amide bonds. The highest BCUT2D eigenvalue weighted by molar-refractivity contribution is 9.10. The largest absolute Gasteiger partial charge is 0.475 e. The lowest BCUT2D eigenvalue weighted by Crippen LogP contribution is -2.26. The Morgan fingerprint density at radius 3 is 3.17 bits per heavy atom. The third-order valence-corrected chi connectivity index (χ3v) is 3.37. The summed E-state index contributed by atoms with van der Waals surface area (Å²) in [6.45, 7) is 2.18. The smallest absolute Gasteiger partial charge is 0.217 e. The van der Waals surface area contributed by atoms with E-state index in [-0.39, 0.29) is 6.10 Å². The van der Waals surface area contributed by atoms with Crippen LogP contribution >= 0.6 is 15.9 Å². The Bertz CT molecular complexity index is 381. The van der Waals surface area contributed by atoms with Crippen LogP contribution in [0.15, 0.2) is 16.7 Å². The van der Waals surface area contributed by atoms with Crippen LogP contribution in [0.5, 0.6) is 5.88 Å². The fourth-order valence-corrected chi connectivity index (χ4v) is 2.41. The van der Waals surface area contributed by atoms with Crippen molar-refractivity contribution in [3.8, 4) is 5.88 Å². The van der Waals surface area contributed by atoms with E-state index in [1.807, 2.05) is 13.1 Å². The molecule has 0 aromatic carbocycles. The van der Waals surface area contributed by atoms with E-state index >= 15 is 0 Å². The van der Waals surface area contributed by atoms with Crippen LogP contribution in [0.3, 0.4) is 0 Å². The van der Waals surface area contributed by atoms with Gasteiger partial charge in [-0.05, 0) is 48.3 Å². The molecule has 0 spiro atoms. The molecular weight excluding hydrogens is 296 g/mol. The normalized spacial score (nSPS) is 19.8. The number of rotatable bonds is 5. The number of hydrogen-bond donors (Lipinski definition) is 1. The highest BCUT2D eigenvalue weighted by Crippen LogP contribution is 2.21. The van der Waals surface area contributed by atoms with Crippen molar-refractivity contribution in [3.05, 3.63) is 22.3 Å². The van der Waals surface area contributed by atoms with Gasteiger partial charge in [-0.2, -0.15) is 0 Å². The quantitative estimate of drug-likeness (QED) is 0.907. The van der Waals surface area contributed by atoms with E-state index < -0.39 is 0 Å². The fraction of sp³-hybridized carbons (Fsp3) is 0.615. The average Bonchev–Trinajstić information content (AvgIpc) is 2.39. The Balaban J connectivity index is 1.94. The van der Waals surface area contributed by atoms with Gasteiger partial charge in [0.05, 0.1) is 6.10 Å². The molecule has 1 saturated heterocycles. The molecule has 1 unspecified atom stereocenters. The molecule has 1 aliphatic heterocycles. The van der Waals surface area contributed by atoms with Gasteiger partial charge in [0, 0.05) is 29.4 Å². The minimum atomic E-state index is 0.214. The molecule has 18 heavy (non-hydrogen) atoms. The number of aromatic nitrogens is 1. The summed E-state index contributed by atoms with van der Waals surface area (Å²) in [4.78, 5) is 4.32. The Morgan fingerprint density at radius 2 is 2.44 bits per heavy atom. The average molecular weight is 315 g/mol. The van der Waals surface area contributed by atoms with Crippen molar-refractivity contribution in [3.63, 3.8) is 0 Å². The summed E-state index contributed by atoms with van der Waals surface area (Å²) in [7, 11) is 1.91. The zero-order valence-electron chi connectivity index (χ0n) is 10.6. The molecule has 1 aromatic rings. The number of hydrogen-bond acceptors (Lipinski definition) is 4. The van der Waals surface area contributed by atoms with Crippen LogP contribution in [0.25, 0.3) is 0 Å². The van der Waals surface area contributed by atoms with Crippen LogP contribution in [0.1, 0.15) is 24.8 Å². The predicted molar refractivity (Wildman–Crippen MR) is 73.8 cm³/mol. The van der Waals surface area contributed by atoms with Crippen LogP contribution in [0.4, 0.5) is 0 Å². The fourth-order valence-electron chi connectivity index (χ4n) is 2.03. The lowest BCUT2D eigenvalue weighted by atomic mass is 10.1. The minimum Gasteiger partial charge on any atom is -0.475 e. The van der Waals surface area contributed by atoms with E-state index in [0.717, 1.165) is 36.0 Å². The molecule has 1 aliphatic rings. The molecule has 2 rings (SSSR count). The molecule has 100 valence electrons. The Kier molecular flexibility index (Phi) is 5.41. The van der Waals surface area contributed by atoms with Gasteiger partial charge in [0.25, 0.3) is 0 Å². The summed E-state index contributed by atoms with van der Waals surface area (Å²) in [5.41, 5.74) is 1.06. The number of halogens is 1. The molecule has 0 bridgehead atoms. The summed E-state index contributed by atoms with van der Waals surface area (Å²) in [5.74, 6) is 0.696. The maximum atomic E-state index is 5.79. The molecule has 1 aromatic heterocycles. The van der Waals surface area contributed by atoms with E-state index in [1.54, 1.807) is 6.20 Å². The molecular formula is C13H19BrN2O2. The number of nitrogens with zero attached hydrogens (tertiary/aromatic N) is 1. The molecule has 1 N–H and O–H groups in total. The van der Waals surface area contributed by atoms with Gasteiger partial charge in [-0.3, -0.25) is 0 Å². The van der Waals surface area contributed by atoms with Gasteiger partial charge in [0.1, 0.15) is 6.61 Å². The molecule has 0 saturated carbocycles. The highest BCUT2D eigenvalue weighted by atomic mass is 79.9. The summed E-state index contributed by atoms with van der Waals surface area (Å²) in [6.07, 6.45) is 5.45. The number of ether oxygens (including phenoxy) is 2. The van der Waals surface area contributed by atoms with Crippen molar-refractivity contribution in [1.29, 1.82) is 0 Å². The zero-order chi connectivity index (χ0) is 12.8. The van der Waals surface area contributed by atoms with Crippen LogP contribution in [-0.2, 0) is 11.3 Å². The van der Waals surface area contributed by atoms with Gasteiger partial charge < -0.3 is 14.8 Å². The van der Waals surface area contributed by atoms with E-state index in [0.29, 0.717) is 12.5 Å². The van der Waals surface area contributed by atoms with Gasteiger partial charge in [-0.25, -0.2) is 4.98 Å². The van der Waals surface area contributed by atoms with Crippen LogP contribution < -0.4 is 10.1 Å². The van der Waals surface area contributed by atoms with Gasteiger partial charge in [0.2, 0.25) is 5.88 Å². The van der Waals surface area contributed by atoms with Crippen molar-refractivity contribution in [2.24, 2.45) is 0 Å². The first-order chi connectivity index (χ1) is 8.79. The van der Waals surface area contributed by atoms with E-state index in [2.05, 4.69) is 26.2 Å². The Labute approximate surface area is 116 Å². The molecule has 1 fully saturated rings. The van der Waals surface area contributed by atoms with Crippen molar-refractivity contribution < 1.29 is 9.47 Å². The van der Waals surface area contributed by atoms with E-state index in [4.69, 9.17) is 9.47 Å². The van der Waals surface area contributed by atoms with Crippen molar-refractivity contribution in [2.75, 3.05) is 20.3 Å². The first kappa shape index (κ1) is 13.8. The van der Waals surface area contributed by atoms with Crippen molar-refractivity contribution in [1.82, 2.24) is 10.3 Å². The van der Waals surface area contributed by atoms with Crippen molar-refractivity contribution >= 4 is 15.9 Å². The molecule has 0 radical (unpaired) electrons. The molecule has 1 atom stereocenters. The minimum absolute atomic E-state index is 0.214. The van der Waals surface area contributed by atoms with Gasteiger partial charge >= 0.3 is 0 Å². The van der Waals surface area contributed by atoms with Crippen LogP contribution in [0.2, 0.25) is 0 Å². The second-order valence-electron chi connectivity index (χ2n) is 4.45. The maximum absolute atomic E-state index is 5.79. The van der Waals surface area contributed by atoms with Gasteiger partial charge in [-0.15, -0.1) is 0 Å². The molecule has 2 heterocycles. The maximum Gasteiger partial charge on any atom is 0.217 e. The van der Waals surface area contributed by atoms with Gasteiger partial charge in [-0.1, -0.05) is 0 Å². The lowest BCUT2D eigenvalue weighted by molar-refractivity contribution is -0.0121. The second-order valence-corrected chi connectivity index (χ2v) is 5.36. The van der Waals surface area contributed by atoms with E-state index in [9.17, 15) is 0 Å². The summed E-state index contributed by atoms with van der Waals surface area (Å²) in [6, 6.07) is 2.03. The first-order valence-electron chi connectivity index (χ1n) is 6.33. The SMILES string of the molecule is CNCc1cc(Br)cnc1OCC1CCCCO1. The third kappa shape index (κ3) is 3.93. The summed E-state index contributed by atoms with van der Waals surface area (Å²) >= 11 is 3.42.